The number of amides is 1. The molecule has 31 heavy (non-hydrogen) atoms. The molecule has 0 aliphatic heterocycles. The topological polar surface area (TPSA) is 76.8 Å². The summed E-state index contributed by atoms with van der Waals surface area (Å²) in [4.78, 5) is 30.9. The molecule has 0 fully saturated rings. The molecule has 2 heterocycles. The van der Waals surface area contributed by atoms with Crippen molar-refractivity contribution in [3.05, 3.63) is 64.6 Å². The summed E-state index contributed by atoms with van der Waals surface area (Å²) >= 11 is 0. The van der Waals surface area contributed by atoms with E-state index in [0.29, 0.717) is 16.9 Å². The Morgan fingerprint density at radius 3 is 2.45 bits per heavy atom. The fraction of sp³-hybridized carbons (Fsp3) is 0.333. The number of ether oxygens (including phenoxy) is 1. The number of halogens is 3. The minimum atomic E-state index is -4.46. The fourth-order valence-electron chi connectivity index (χ4n) is 3.17. The number of benzene rings is 1. The SMILES string of the molecule is CCOC(=O)CN(Cc1ccc(C(F)(F)F)cc1)C(=O)c1cnn2c(C)cc(C)nc12. The van der Waals surface area contributed by atoms with Gasteiger partial charge in [-0.3, -0.25) is 9.59 Å². The third kappa shape index (κ3) is 5.01. The van der Waals surface area contributed by atoms with Crippen LogP contribution < -0.4 is 0 Å². The molecule has 0 bridgehead atoms. The summed E-state index contributed by atoms with van der Waals surface area (Å²) in [7, 11) is 0. The summed E-state index contributed by atoms with van der Waals surface area (Å²) in [5.41, 5.74) is 1.63. The Balaban J connectivity index is 1.93. The number of hydrogen-bond acceptors (Lipinski definition) is 5. The number of carbonyl (C=O) groups is 2. The van der Waals surface area contributed by atoms with Crippen LogP contribution in [0.15, 0.2) is 36.5 Å². The van der Waals surface area contributed by atoms with E-state index in [9.17, 15) is 22.8 Å². The van der Waals surface area contributed by atoms with E-state index in [-0.39, 0.29) is 25.3 Å². The van der Waals surface area contributed by atoms with E-state index in [1.54, 1.807) is 13.8 Å². The van der Waals surface area contributed by atoms with Gasteiger partial charge >= 0.3 is 12.1 Å². The molecule has 10 heteroatoms. The third-order valence-corrected chi connectivity index (χ3v) is 4.58. The maximum Gasteiger partial charge on any atom is 0.416 e. The molecular weight excluding hydrogens is 413 g/mol. The van der Waals surface area contributed by atoms with Gasteiger partial charge in [-0.25, -0.2) is 9.50 Å². The Labute approximate surface area is 176 Å². The van der Waals surface area contributed by atoms with Gasteiger partial charge in [0, 0.05) is 17.9 Å². The summed E-state index contributed by atoms with van der Waals surface area (Å²) in [5, 5.41) is 4.19. The average molecular weight is 434 g/mol. The van der Waals surface area contributed by atoms with E-state index in [0.717, 1.165) is 17.8 Å². The zero-order chi connectivity index (χ0) is 22.8. The van der Waals surface area contributed by atoms with Gasteiger partial charge in [0.25, 0.3) is 5.91 Å². The van der Waals surface area contributed by atoms with Gasteiger partial charge in [0.15, 0.2) is 5.65 Å². The first-order chi connectivity index (χ1) is 14.6. The van der Waals surface area contributed by atoms with Gasteiger partial charge in [-0.05, 0) is 44.5 Å². The molecule has 0 saturated heterocycles. The number of hydrogen-bond donors (Lipinski definition) is 0. The molecular formula is C21H21F3N4O3. The first-order valence-corrected chi connectivity index (χ1v) is 9.53. The van der Waals surface area contributed by atoms with Crippen molar-refractivity contribution in [3.63, 3.8) is 0 Å². The molecule has 2 aromatic heterocycles. The molecule has 7 nitrogen and oxygen atoms in total. The van der Waals surface area contributed by atoms with Crippen molar-refractivity contribution in [2.75, 3.05) is 13.2 Å². The van der Waals surface area contributed by atoms with E-state index < -0.39 is 23.6 Å². The molecule has 0 unspecified atom stereocenters. The van der Waals surface area contributed by atoms with Crippen LogP contribution in [0.2, 0.25) is 0 Å². The monoisotopic (exact) mass is 434 g/mol. The number of esters is 1. The van der Waals surface area contributed by atoms with Crippen molar-refractivity contribution >= 4 is 17.5 Å². The standard InChI is InChI=1S/C21H21F3N4O3/c1-4-31-18(29)12-27(11-15-5-7-16(8-6-15)21(22,23)24)20(30)17-10-25-28-14(3)9-13(2)26-19(17)28/h5-10H,4,11-12H2,1-3H3. The number of aryl methyl sites for hydroxylation is 2. The highest BCUT2D eigenvalue weighted by molar-refractivity contribution is 6.00. The summed E-state index contributed by atoms with van der Waals surface area (Å²) in [6.45, 7) is 4.93. The molecule has 0 spiro atoms. The predicted octanol–water partition coefficient (Wildman–Crippen LogP) is 3.57. The normalized spacial score (nSPS) is 11.5. The highest BCUT2D eigenvalue weighted by Crippen LogP contribution is 2.29. The Kier molecular flexibility index (Phi) is 6.28. The van der Waals surface area contributed by atoms with Crippen LogP contribution in [0.4, 0.5) is 13.2 Å². The minimum absolute atomic E-state index is 0.0854. The molecule has 164 valence electrons. The second kappa shape index (κ2) is 8.75. The number of rotatable bonds is 6. The Hall–Kier alpha value is -3.43. The van der Waals surface area contributed by atoms with Crippen LogP contribution in [0.25, 0.3) is 5.65 Å². The Morgan fingerprint density at radius 1 is 1.16 bits per heavy atom. The van der Waals surface area contributed by atoms with Gasteiger partial charge in [-0.1, -0.05) is 12.1 Å². The van der Waals surface area contributed by atoms with E-state index in [1.807, 2.05) is 13.0 Å². The second-order valence-electron chi connectivity index (χ2n) is 6.99. The van der Waals surface area contributed by atoms with Crippen LogP contribution in [-0.4, -0.2) is 44.5 Å². The summed E-state index contributed by atoms with van der Waals surface area (Å²) in [5.74, 6) is -1.15. The molecule has 0 saturated carbocycles. The molecule has 0 atom stereocenters. The van der Waals surface area contributed by atoms with Crippen LogP contribution in [-0.2, 0) is 22.3 Å². The van der Waals surface area contributed by atoms with Crippen LogP contribution in [0, 0.1) is 13.8 Å². The minimum Gasteiger partial charge on any atom is -0.465 e. The highest BCUT2D eigenvalue weighted by Gasteiger charge is 2.30. The lowest BCUT2D eigenvalue weighted by Crippen LogP contribution is -2.36. The lowest BCUT2D eigenvalue weighted by molar-refractivity contribution is -0.144. The van der Waals surface area contributed by atoms with Crippen molar-refractivity contribution in [1.82, 2.24) is 19.5 Å². The van der Waals surface area contributed by atoms with E-state index >= 15 is 0 Å². The van der Waals surface area contributed by atoms with Gasteiger partial charge < -0.3 is 9.64 Å². The van der Waals surface area contributed by atoms with Crippen molar-refractivity contribution in [3.8, 4) is 0 Å². The molecule has 3 rings (SSSR count). The molecule has 1 amide bonds. The fourth-order valence-corrected chi connectivity index (χ4v) is 3.17. The van der Waals surface area contributed by atoms with Gasteiger partial charge in [0.05, 0.1) is 18.4 Å². The molecule has 3 aromatic rings. The number of nitrogens with zero attached hydrogens (tertiary/aromatic N) is 4. The van der Waals surface area contributed by atoms with Crippen molar-refractivity contribution in [2.45, 2.75) is 33.5 Å². The first-order valence-electron chi connectivity index (χ1n) is 9.53. The van der Waals surface area contributed by atoms with Gasteiger partial charge in [-0.15, -0.1) is 0 Å². The van der Waals surface area contributed by atoms with Crippen LogP contribution in [0.5, 0.6) is 0 Å². The Morgan fingerprint density at radius 2 is 1.84 bits per heavy atom. The molecule has 0 aliphatic carbocycles. The maximum absolute atomic E-state index is 13.3. The number of alkyl halides is 3. The van der Waals surface area contributed by atoms with Gasteiger partial charge in [0.2, 0.25) is 0 Å². The zero-order valence-electron chi connectivity index (χ0n) is 17.2. The van der Waals surface area contributed by atoms with E-state index in [2.05, 4.69) is 10.1 Å². The smallest absolute Gasteiger partial charge is 0.416 e. The van der Waals surface area contributed by atoms with Crippen LogP contribution in [0.1, 0.15) is 39.8 Å². The van der Waals surface area contributed by atoms with E-state index in [1.165, 1.54) is 27.7 Å². The molecule has 0 N–H and O–H groups in total. The molecule has 1 aromatic carbocycles. The summed E-state index contributed by atoms with van der Waals surface area (Å²) in [6.07, 6.45) is -3.10. The van der Waals surface area contributed by atoms with Crippen molar-refractivity contribution in [1.29, 1.82) is 0 Å². The van der Waals surface area contributed by atoms with Crippen LogP contribution in [0.3, 0.4) is 0 Å². The number of aromatic nitrogens is 3. The summed E-state index contributed by atoms with van der Waals surface area (Å²) in [6, 6.07) is 6.23. The van der Waals surface area contributed by atoms with Gasteiger partial charge in [-0.2, -0.15) is 18.3 Å². The number of carbonyl (C=O) groups excluding carboxylic acids is 2. The van der Waals surface area contributed by atoms with E-state index in [4.69, 9.17) is 4.74 Å². The maximum atomic E-state index is 13.3. The highest BCUT2D eigenvalue weighted by atomic mass is 19.4. The van der Waals surface area contributed by atoms with Crippen molar-refractivity contribution < 1.29 is 27.5 Å². The Bertz CT molecular complexity index is 1110. The quantitative estimate of drug-likeness (QED) is 0.555. The first kappa shape index (κ1) is 22.3. The molecule has 0 aliphatic rings. The lowest BCUT2D eigenvalue weighted by atomic mass is 10.1. The predicted molar refractivity (Wildman–Crippen MR) is 105 cm³/mol. The lowest BCUT2D eigenvalue weighted by Gasteiger charge is -2.21. The third-order valence-electron chi connectivity index (χ3n) is 4.58. The van der Waals surface area contributed by atoms with Crippen molar-refractivity contribution in [2.24, 2.45) is 0 Å². The molecule has 0 radical (unpaired) electrons. The number of fused-ring (bicyclic) bond motifs is 1. The average Bonchev–Trinajstić information content (AvgIpc) is 3.11. The van der Waals surface area contributed by atoms with Crippen LogP contribution >= 0.6 is 0 Å². The summed E-state index contributed by atoms with van der Waals surface area (Å²) < 4.78 is 44.9. The zero-order valence-corrected chi connectivity index (χ0v) is 17.2. The largest absolute Gasteiger partial charge is 0.465 e. The van der Waals surface area contributed by atoms with Gasteiger partial charge in [0.1, 0.15) is 12.1 Å². The second-order valence-corrected chi connectivity index (χ2v) is 6.99.